The second-order valence-corrected chi connectivity index (χ2v) is 9.07. The summed E-state index contributed by atoms with van der Waals surface area (Å²) in [6, 6.07) is -0.267. The Morgan fingerprint density at radius 3 is 2.67 bits per heavy atom. The maximum absolute atomic E-state index is 13.2. The van der Waals surface area contributed by atoms with Gasteiger partial charge in [0.25, 0.3) is 11.5 Å². The van der Waals surface area contributed by atoms with Crippen LogP contribution in [0.3, 0.4) is 0 Å². The third-order valence-corrected chi connectivity index (χ3v) is 6.13. The van der Waals surface area contributed by atoms with E-state index in [1.54, 1.807) is 10.00 Å². The molecule has 3 N–H and O–H groups in total. The highest BCUT2D eigenvalue weighted by Gasteiger charge is 2.40. The highest BCUT2D eigenvalue weighted by atomic mass is 19.4. The SMILES string of the molecule is C[C@@H](COCC(O)C(=O)N1CCN2c3ncc(C(F)(F)F)cc3OCC2C1)Nc1cn[nH]c(=O)c1C(F)(F)F. The van der Waals surface area contributed by atoms with E-state index in [0.29, 0.717) is 0 Å². The van der Waals surface area contributed by atoms with Gasteiger partial charge >= 0.3 is 12.4 Å². The minimum absolute atomic E-state index is 0.00439. The maximum Gasteiger partial charge on any atom is 0.423 e. The molecule has 0 spiro atoms. The van der Waals surface area contributed by atoms with Gasteiger partial charge in [-0.15, -0.1) is 0 Å². The molecule has 11 nitrogen and oxygen atoms in total. The summed E-state index contributed by atoms with van der Waals surface area (Å²) in [5.74, 6) is -0.421. The minimum Gasteiger partial charge on any atom is -0.487 e. The average Bonchev–Trinajstić information content (AvgIpc) is 2.86. The van der Waals surface area contributed by atoms with Crippen molar-refractivity contribution in [1.82, 2.24) is 20.1 Å². The molecule has 0 bridgehead atoms. The highest BCUT2D eigenvalue weighted by Crippen LogP contribution is 2.38. The van der Waals surface area contributed by atoms with E-state index < -0.39 is 65.4 Å². The summed E-state index contributed by atoms with van der Waals surface area (Å²) >= 11 is 0. The van der Waals surface area contributed by atoms with Gasteiger partial charge in [-0.1, -0.05) is 0 Å². The summed E-state index contributed by atoms with van der Waals surface area (Å²) in [5, 5.41) is 17.9. The Morgan fingerprint density at radius 1 is 1.23 bits per heavy atom. The van der Waals surface area contributed by atoms with Crippen molar-refractivity contribution < 1.29 is 45.7 Å². The van der Waals surface area contributed by atoms with E-state index in [4.69, 9.17) is 9.47 Å². The van der Waals surface area contributed by atoms with Crippen molar-refractivity contribution in [1.29, 1.82) is 0 Å². The van der Waals surface area contributed by atoms with E-state index in [1.165, 1.54) is 11.8 Å². The predicted molar refractivity (Wildman–Crippen MR) is 122 cm³/mol. The van der Waals surface area contributed by atoms with Crippen LogP contribution in [0.4, 0.5) is 37.8 Å². The molecule has 1 amide bonds. The molecule has 2 aliphatic rings. The number of alkyl halides is 6. The van der Waals surface area contributed by atoms with Crippen LogP contribution in [0.2, 0.25) is 0 Å². The van der Waals surface area contributed by atoms with Crippen molar-refractivity contribution in [2.24, 2.45) is 0 Å². The number of H-pyrrole nitrogens is 1. The van der Waals surface area contributed by atoms with Crippen molar-refractivity contribution >= 4 is 17.4 Å². The van der Waals surface area contributed by atoms with Gasteiger partial charge in [0.1, 0.15) is 12.2 Å². The zero-order valence-corrected chi connectivity index (χ0v) is 20.3. The number of aliphatic hydroxyl groups is 1. The molecular formula is C22H24F6N6O5. The molecule has 39 heavy (non-hydrogen) atoms. The number of fused-ring (bicyclic) bond motifs is 3. The third-order valence-electron chi connectivity index (χ3n) is 6.13. The van der Waals surface area contributed by atoms with Crippen molar-refractivity contribution in [2.45, 2.75) is 37.5 Å². The first kappa shape index (κ1) is 28.4. The van der Waals surface area contributed by atoms with Crippen molar-refractivity contribution in [2.75, 3.05) is 49.7 Å². The van der Waals surface area contributed by atoms with Crippen molar-refractivity contribution in [3.8, 4) is 5.75 Å². The van der Waals surface area contributed by atoms with Crippen molar-refractivity contribution in [3.05, 3.63) is 39.9 Å². The molecule has 1 fully saturated rings. The Bertz CT molecular complexity index is 1260. The molecule has 0 radical (unpaired) electrons. The number of nitrogens with zero attached hydrogens (tertiary/aromatic N) is 4. The molecule has 2 aromatic rings. The first-order valence-corrected chi connectivity index (χ1v) is 11.7. The first-order chi connectivity index (χ1) is 18.3. The number of ether oxygens (including phenoxy) is 2. The van der Waals surface area contributed by atoms with Crippen LogP contribution in [0.5, 0.6) is 5.75 Å². The molecule has 17 heteroatoms. The van der Waals surface area contributed by atoms with Crippen LogP contribution < -0.4 is 20.5 Å². The molecule has 2 unspecified atom stereocenters. The summed E-state index contributed by atoms with van der Waals surface area (Å²) in [5.41, 5.74) is -4.33. The lowest BCUT2D eigenvalue weighted by atomic mass is 10.1. The van der Waals surface area contributed by atoms with Gasteiger partial charge in [0.05, 0.1) is 36.7 Å². The monoisotopic (exact) mass is 566 g/mol. The number of aliphatic hydroxyl groups excluding tert-OH is 1. The fraction of sp³-hybridized carbons (Fsp3) is 0.545. The largest absolute Gasteiger partial charge is 0.487 e. The number of nitrogens with one attached hydrogen (secondary N) is 2. The smallest absolute Gasteiger partial charge is 0.423 e. The summed E-state index contributed by atoms with van der Waals surface area (Å²) in [4.78, 5) is 31.3. The number of halogens is 6. The molecule has 2 aliphatic heterocycles. The number of rotatable bonds is 7. The summed E-state index contributed by atoms with van der Waals surface area (Å²) in [6.45, 7) is 1.34. The van der Waals surface area contributed by atoms with Crippen LogP contribution in [-0.4, -0.2) is 88.7 Å². The van der Waals surface area contributed by atoms with Gasteiger partial charge in [-0.25, -0.2) is 10.1 Å². The van der Waals surface area contributed by atoms with E-state index in [1.807, 2.05) is 0 Å². The molecule has 4 heterocycles. The van der Waals surface area contributed by atoms with Gasteiger partial charge in [-0.05, 0) is 13.0 Å². The Labute approximate surface area is 216 Å². The number of aromatic amines is 1. The highest BCUT2D eigenvalue weighted by molar-refractivity contribution is 5.81. The number of hydrogen-bond donors (Lipinski definition) is 3. The molecule has 214 valence electrons. The first-order valence-electron chi connectivity index (χ1n) is 11.7. The fourth-order valence-electron chi connectivity index (χ4n) is 4.31. The topological polar surface area (TPSA) is 133 Å². The Kier molecular flexibility index (Phi) is 7.92. The third kappa shape index (κ3) is 6.35. The van der Waals surface area contributed by atoms with Crippen LogP contribution in [0.1, 0.15) is 18.1 Å². The molecule has 1 saturated heterocycles. The van der Waals surface area contributed by atoms with E-state index in [2.05, 4.69) is 15.4 Å². The number of amides is 1. The molecule has 4 rings (SSSR count). The number of piperazine rings is 1. The molecular weight excluding hydrogens is 542 g/mol. The number of carbonyl (C=O) groups is 1. The number of carbonyl (C=O) groups excluding carboxylic acids is 1. The van der Waals surface area contributed by atoms with Gasteiger partial charge in [-0.2, -0.15) is 31.4 Å². The van der Waals surface area contributed by atoms with Crippen molar-refractivity contribution in [3.63, 3.8) is 0 Å². The second kappa shape index (κ2) is 10.9. The van der Waals surface area contributed by atoms with Gasteiger partial charge in [0.15, 0.2) is 17.7 Å². The molecule has 0 saturated carbocycles. The molecule has 2 aromatic heterocycles. The Balaban J connectivity index is 1.28. The lowest BCUT2D eigenvalue weighted by Crippen LogP contribution is -2.60. The molecule has 0 aliphatic carbocycles. The zero-order valence-electron chi connectivity index (χ0n) is 20.3. The van der Waals surface area contributed by atoms with Gasteiger partial charge in [0, 0.05) is 31.9 Å². The summed E-state index contributed by atoms with van der Waals surface area (Å²) < 4.78 is 89.2. The zero-order chi connectivity index (χ0) is 28.5. The summed E-state index contributed by atoms with van der Waals surface area (Å²) in [6.07, 6.45) is -9.52. The number of hydrogen-bond acceptors (Lipinski definition) is 9. The van der Waals surface area contributed by atoms with E-state index >= 15 is 0 Å². The second-order valence-electron chi connectivity index (χ2n) is 9.07. The maximum atomic E-state index is 13.2. The normalized spacial score (nSPS) is 19.0. The van der Waals surface area contributed by atoms with Crippen LogP contribution >= 0.6 is 0 Å². The van der Waals surface area contributed by atoms with Crippen LogP contribution in [0.25, 0.3) is 0 Å². The summed E-state index contributed by atoms with van der Waals surface area (Å²) in [7, 11) is 0. The molecule has 0 aromatic carbocycles. The number of aromatic nitrogens is 3. The van der Waals surface area contributed by atoms with Gasteiger partial charge in [-0.3, -0.25) is 9.59 Å². The number of pyridine rings is 1. The van der Waals surface area contributed by atoms with Crippen LogP contribution in [0.15, 0.2) is 23.3 Å². The minimum atomic E-state index is -4.92. The van der Waals surface area contributed by atoms with E-state index in [9.17, 15) is 41.0 Å². The lowest BCUT2D eigenvalue weighted by Gasteiger charge is -2.45. The average molecular weight is 566 g/mol. The van der Waals surface area contributed by atoms with E-state index in [0.717, 1.165) is 18.5 Å². The Hall–Kier alpha value is -3.60. The Morgan fingerprint density at radius 2 is 1.97 bits per heavy atom. The quantitative estimate of drug-likeness (QED) is 0.427. The van der Waals surface area contributed by atoms with Gasteiger partial charge < -0.3 is 29.7 Å². The standard InChI is InChI=1S/C22H24F6N6O5/c1-11(31-14-6-30-32-19(36)17(14)22(26,27)28)8-38-10-15(35)20(37)33-2-3-34-13(7-33)9-39-16-4-12(21(23,24)25)5-29-18(16)34/h4-6,11,13,15,35H,2-3,7-10H2,1H3,(H2,31,32,36)/t11-,13?,15?/m0/s1. The van der Waals surface area contributed by atoms with E-state index in [-0.39, 0.29) is 44.4 Å². The van der Waals surface area contributed by atoms with Gasteiger partial charge in [0.2, 0.25) is 0 Å². The van der Waals surface area contributed by atoms with Crippen LogP contribution in [0, 0.1) is 0 Å². The van der Waals surface area contributed by atoms with Crippen LogP contribution in [-0.2, 0) is 21.9 Å². The lowest BCUT2D eigenvalue weighted by molar-refractivity contribution is -0.144. The fourth-order valence-corrected chi connectivity index (χ4v) is 4.31. The number of anilines is 2. The molecule has 3 atom stereocenters. The predicted octanol–water partition coefficient (Wildman–Crippen LogP) is 1.49.